The van der Waals surface area contributed by atoms with E-state index in [1.807, 2.05) is 18.2 Å². The molecule has 0 saturated heterocycles. The van der Waals surface area contributed by atoms with Crippen LogP contribution in [0.15, 0.2) is 30.3 Å². The largest absolute Gasteiger partial charge is 0.480 e. The van der Waals surface area contributed by atoms with Crippen molar-refractivity contribution in [3.63, 3.8) is 0 Å². The summed E-state index contributed by atoms with van der Waals surface area (Å²) in [6.45, 7) is 1.72. The van der Waals surface area contributed by atoms with Gasteiger partial charge in [0.15, 0.2) is 0 Å². The number of benzene rings is 1. The van der Waals surface area contributed by atoms with Crippen LogP contribution in [0.5, 0.6) is 0 Å². The van der Waals surface area contributed by atoms with E-state index in [4.69, 9.17) is 5.11 Å². The van der Waals surface area contributed by atoms with Gasteiger partial charge in [0.1, 0.15) is 6.04 Å². The van der Waals surface area contributed by atoms with Gasteiger partial charge in [-0.15, -0.1) is 0 Å². The van der Waals surface area contributed by atoms with Crippen LogP contribution in [0.3, 0.4) is 0 Å². The summed E-state index contributed by atoms with van der Waals surface area (Å²) in [7, 11) is 0. The van der Waals surface area contributed by atoms with Gasteiger partial charge in [0.25, 0.3) is 0 Å². The molecule has 2 N–H and O–H groups in total. The van der Waals surface area contributed by atoms with E-state index < -0.39 is 12.0 Å². The summed E-state index contributed by atoms with van der Waals surface area (Å²) in [6.07, 6.45) is 5.61. The van der Waals surface area contributed by atoms with Gasteiger partial charge >= 0.3 is 5.97 Å². The highest BCUT2D eigenvalue weighted by Crippen LogP contribution is 2.37. The molecule has 3 nitrogen and oxygen atoms in total. The number of hydrogen-bond donors (Lipinski definition) is 2. The fourth-order valence-electron chi connectivity index (χ4n) is 2.91. The van der Waals surface area contributed by atoms with Gasteiger partial charge in [0.05, 0.1) is 0 Å². The summed E-state index contributed by atoms with van der Waals surface area (Å²) in [5.74, 6) is -0.782. The van der Waals surface area contributed by atoms with Crippen LogP contribution in [-0.4, -0.2) is 17.1 Å². The van der Waals surface area contributed by atoms with Crippen molar-refractivity contribution in [1.29, 1.82) is 0 Å². The first kappa shape index (κ1) is 13.1. The van der Waals surface area contributed by atoms with Gasteiger partial charge in [-0.3, -0.25) is 10.1 Å². The molecule has 1 aliphatic rings. The van der Waals surface area contributed by atoms with E-state index >= 15 is 0 Å². The lowest BCUT2D eigenvalue weighted by molar-refractivity contribution is -0.139. The predicted molar refractivity (Wildman–Crippen MR) is 71.4 cm³/mol. The summed E-state index contributed by atoms with van der Waals surface area (Å²) in [5, 5.41) is 12.5. The third kappa shape index (κ3) is 2.72. The molecule has 1 saturated carbocycles. The van der Waals surface area contributed by atoms with Gasteiger partial charge in [-0.25, -0.2) is 0 Å². The summed E-state index contributed by atoms with van der Waals surface area (Å²) >= 11 is 0. The average molecular weight is 247 g/mol. The van der Waals surface area contributed by atoms with E-state index in [-0.39, 0.29) is 5.54 Å². The Morgan fingerprint density at radius 2 is 1.83 bits per heavy atom. The van der Waals surface area contributed by atoms with Gasteiger partial charge in [-0.05, 0) is 25.3 Å². The fraction of sp³-hybridized carbons (Fsp3) is 0.533. The second kappa shape index (κ2) is 5.53. The molecule has 1 aromatic carbocycles. The van der Waals surface area contributed by atoms with Gasteiger partial charge < -0.3 is 5.11 Å². The molecule has 3 heteroatoms. The molecule has 98 valence electrons. The van der Waals surface area contributed by atoms with E-state index in [2.05, 4.69) is 17.4 Å². The van der Waals surface area contributed by atoms with Crippen LogP contribution in [0.1, 0.15) is 44.6 Å². The van der Waals surface area contributed by atoms with Crippen molar-refractivity contribution in [2.45, 2.75) is 50.6 Å². The zero-order valence-electron chi connectivity index (χ0n) is 10.9. The van der Waals surface area contributed by atoms with Crippen LogP contribution in [0.2, 0.25) is 0 Å². The summed E-state index contributed by atoms with van der Waals surface area (Å²) in [6, 6.07) is 9.75. The third-order valence-corrected chi connectivity index (χ3v) is 3.90. The van der Waals surface area contributed by atoms with Crippen LogP contribution in [0.4, 0.5) is 0 Å². The van der Waals surface area contributed by atoms with Crippen molar-refractivity contribution < 1.29 is 9.90 Å². The van der Waals surface area contributed by atoms with Crippen molar-refractivity contribution in [2.24, 2.45) is 0 Å². The molecule has 2 rings (SSSR count). The number of aliphatic carboxylic acids is 1. The number of carboxylic acid groups (broad SMARTS) is 1. The second-order valence-corrected chi connectivity index (χ2v) is 5.21. The highest BCUT2D eigenvalue weighted by atomic mass is 16.4. The molecule has 1 aromatic rings. The van der Waals surface area contributed by atoms with Gasteiger partial charge in [-0.1, -0.05) is 49.6 Å². The van der Waals surface area contributed by atoms with Gasteiger partial charge in [-0.2, -0.15) is 0 Å². The van der Waals surface area contributed by atoms with Crippen molar-refractivity contribution in [3.8, 4) is 0 Å². The Morgan fingerprint density at radius 3 is 2.39 bits per heavy atom. The zero-order valence-corrected chi connectivity index (χ0v) is 10.9. The van der Waals surface area contributed by atoms with Crippen LogP contribution in [-0.2, 0) is 10.3 Å². The first-order valence-electron chi connectivity index (χ1n) is 6.70. The van der Waals surface area contributed by atoms with Gasteiger partial charge in [0, 0.05) is 5.54 Å². The standard InChI is InChI=1S/C15H21NO2/c1-12(14(17)18)16-15(10-6-3-7-11-15)13-8-4-2-5-9-13/h2,4-5,8-9,12,16H,3,6-7,10-11H2,1H3,(H,17,18). The molecule has 0 amide bonds. The maximum atomic E-state index is 11.1. The minimum absolute atomic E-state index is 0.155. The van der Waals surface area contributed by atoms with E-state index in [0.717, 1.165) is 25.7 Å². The number of nitrogens with one attached hydrogen (secondary N) is 1. The topological polar surface area (TPSA) is 49.3 Å². The van der Waals surface area contributed by atoms with Crippen molar-refractivity contribution in [2.75, 3.05) is 0 Å². The predicted octanol–water partition coefficient (Wildman–Crippen LogP) is 2.91. The number of rotatable bonds is 4. The summed E-state index contributed by atoms with van der Waals surface area (Å²) < 4.78 is 0. The Balaban J connectivity index is 2.26. The molecule has 0 aromatic heterocycles. The van der Waals surface area contributed by atoms with Crippen molar-refractivity contribution in [1.82, 2.24) is 5.32 Å². The number of carbonyl (C=O) groups is 1. The Morgan fingerprint density at radius 1 is 1.22 bits per heavy atom. The molecule has 1 unspecified atom stereocenters. The lowest BCUT2D eigenvalue weighted by Crippen LogP contribution is -2.50. The lowest BCUT2D eigenvalue weighted by Gasteiger charge is -2.40. The van der Waals surface area contributed by atoms with Crippen molar-refractivity contribution in [3.05, 3.63) is 35.9 Å². The number of carboxylic acids is 1. The second-order valence-electron chi connectivity index (χ2n) is 5.21. The molecule has 0 radical (unpaired) electrons. The zero-order chi connectivity index (χ0) is 13.0. The van der Waals surface area contributed by atoms with Crippen LogP contribution >= 0.6 is 0 Å². The Bertz CT molecular complexity index is 396. The highest BCUT2D eigenvalue weighted by molar-refractivity contribution is 5.73. The van der Waals surface area contributed by atoms with E-state index in [0.29, 0.717) is 0 Å². The minimum Gasteiger partial charge on any atom is -0.480 e. The molecule has 1 atom stereocenters. The quantitative estimate of drug-likeness (QED) is 0.860. The monoisotopic (exact) mass is 247 g/mol. The number of hydrogen-bond acceptors (Lipinski definition) is 2. The normalized spacial score (nSPS) is 20.3. The Labute approximate surface area is 108 Å². The molecule has 0 bridgehead atoms. The lowest BCUT2D eigenvalue weighted by atomic mass is 9.76. The minimum atomic E-state index is -0.782. The third-order valence-electron chi connectivity index (χ3n) is 3.90. The SMILES string of the molecule is CC(NC1(c2ccccc2)CCCCC1)C(=O)O. The van der Waals surface area contributed by atoms with Gasteiger partial charge in [0.2, 0.25) is 0 Å². The molecular weight excluding hydrogens is 226 g/mol. The first-order valence-corrected chi connectivity index (χ1v) is 6.70. The average Bonchev–Trinajstić information content (AvgIpc) is 2.40. The molecule has 18 heavy (non-hydrogen) atoms. The fourth-order valence-corrected chi connectivity index (χ4v) is 2.91. The molecule has 0 spiro atoms. The summed E-state index contributed by atoms with van der Waals surface area (Å²) in [4.78, 5) is 11.1. The highest BCUT2D eigenvalue weighted by Gasteiger charge is 2.35. The van der Waals surface area contributed by atoms with E-state index in [1.54, 1.807) is 6.92 Å². The molecule has 1 aliphatic carbocycles. The van der Waals surface area contributed by atoms with E-state index in [9.17, 15) is 4.79 Å². The maximum absolute atomic E-state index is 11.1. The van der Waals surface area contributed by atoms with Crippen molar-refractivity contribution >= 4 is 5.97 Å². The molecule has 0 heterocycles. The molecular formula is C15H21NO2. The van der Waals surface area contributed by atoms with Crippen LogP contribution in [0.25, 0.3) is 0 Å². The smallest absolute Gasteiger partial charge is 0.320 e. The van der Waals surface area contributed by atoms with Crippen LogP contribution in [0, 0.1) is 0 Å². The summed E-state index contributed by atoms with van der Waals surface area (Å²) in [5.41, 5.74) is 1.06. The molecule has 1 fully saturated rings. The van der Waals surface area contributed by atoms with E-state index in [1.165, 1.54) is 12.0 Å². The first-order chi connectivity index (χ1) is 8.64. The van der Waals surface area contributed by atoms with Crippen LogP contribution < -0.4 is 5.32 Å². The maximum Gasteiger partial charge on any atom is 0.320 e. The Kier molecular flexibility index (Phi) is 4.02. The Hall–Kier alpha value is -1.35. The molecule has 0 aliphatic heterocycles.